The van der Waals surface area contributed by atoms with Gasteiger partial charge in [-0.05, 0) is 19.1 Å². The number of nitrogens with zero attached hydrogens (tertiary/aromatic N) is 1. The van der Waals surface area contributed by atoms with Crippen molar-refractivity contribution >= 4 is 45.0 Å². The lowest BCUT2D eigenvalue weighted by molar-refractivity contribution is 0.0697. The first-order chi connectivity index (χ1) is 9.72. The van der Waals surface area contributed by atoms with Crippen molar-refractivity contribution in [1.82, 2.24) is 10.2 Å². The van der Waals surface area contributed by atoms with Crippen molar-refractivity contribution in [1.29, 1.82) is 0 Å². The van der Waals surface area contributed by atoms with E-state index in [0.29, 0.717) is 5.69 Å². The molecule has 1 aromatic heterocycles. The maximum atomic E-state index is 12.2. The highest BCUT2D eigenvalue weighted by atomic mass is 35.5. The lowest BCUT2D eigenvalue weighted by Crippen LogP contribution is -2.15. The van der Waals surface area contributed by atoms with E-state index in [1.165, 1.54) is 6.07 Å². The zero-order valence-electron chi connectivity index (χ0n) is 10.5. The predicted molar refractivity (Wildman–Crippen MR) is 77.6 cm³/mol. The lowest BCUT2D eigenvalue weighted by atomic mass is 10.2. The van der Waals surface area contributed by atoms with E-state index in [0.717, 1.165) is 12.1 Å². The van der Waals surface area contributed by atoms with Crippen LogP contribution in [-0.4, -0.2) is 29.7 Å². The van der Waals surface area contributed by atoms with E-state index in [9.17, 15) is 13.2 Å². The number of nitrogens with one attached hydrogen (secondary N) is 2. The third kappa shape index (κ3) is 3.12. The number of anilines is 1. The number of sulfonamides is 1. The van der Waals surface area contributed by atoms with Crippen LogP contribution in [0.4, 0.5) is 5.82 Å². The summed E-state index contributed by atoms with van der Waals surface area (Å²) in [5.41, 5.74) is 0.181. The van der Waals surface area contributed by atoms with Gasteiger partial charge in [-0.2, -0.15) is 5.10 Å². The molecule has 0 saturated heterocycles. The summed E-state index contributed by atoms with van der Waals surface area (Å²) >= 11 is 11.6. The summed E-state index contributed by atoms with van der Waals surface area (Å²) in [6.45, 7) is 1.70. The van der Waals surface area contributed by atoms with Gasteiger partial charge in [-0.25, -0.2) is 13.2 Å². The molecule has 0 aliphatic heterocycles. The fourth-order valence-corrected chi connectivity index (χ4v) is 3.51. The Morgan fingerprint density at radius 3 is 2.57 bits per heavy atom. The molecule has 7 nitrogen and oxygen atoms in total. The van der Waals surface area contributed by atoms with E-state index in [1.54, 1.807) is 6.92 Å². The van der Waals surface area contributed by atoms with Gasteiger partial charge in [-0.1, -0.05) is 23.2 Å². The van der Waals surface area contributed by atoms with Gasteiger partial charge in [0.15, 0.2) is 5.82 Å². The standard InChI is InChI=1S/C11H9Cl2N3O4S/c1-5-4-8(15-14-5)16-21(19,20)7-3-2-6(12)9(10(7)13)11(17)18/h2-4H,1H3,(H,17,18)(H2,14,15,16). The molecular formula is C11H9Cl2N3O4S. The minimum absolute atomic E-state index is 0.0652. The second-order valence-corrected chi connectivity index (χ2v) is 6.52. The van der Waals surface area contributed by atoms with Crippen molar-refractivity contribution in [2.24, 2.45) is 0 Å². The molecule has 0 fully saturated rings. The van der Waals surface area contributed by atoms with Gasteiger partial charge >= 0.3 is 5.97 Å². The van der Waals surface area contributed by atoms with Crippen LogP contribution in [0.25, 0.3) is 0 Å². The molecule has 0 aliphatic rings. The third-order valence-electron chi connectivity index (χ3n) is 2.50. The summed E-state index contributed by atoms with van der Waals surface area (Å²) in [6, 6.07) is 3.75. The number of benzene rings is 1. The van der Waals surface area contributed by atoms with Crippen molar-refractivity contribution in [3.8, 4) is 0 Å². The molecule has 0 unspecified atom stereocenters. The highest BCUT2D eigenvalue weighted by molar-refractivity contribution is 7.92. The normalized spacial score (nSPS) is 11.4. The maximum Gasteiger partial charge on any atom is 0.338 e. The summed E-state index contributed by atoms with van der Waals surface area (Å²) in [5, 5.41) is 14.7. The highest BCUT2D eigenvalue weighted by Gasteiger charge is 2.25. The summed E-state index contributed by atoms with van der Waals surface area (Å²) in [4.78, 5) is 10.7. The Labute approximate surface area is 129 Å². The Hall–Kier alpha value is -1.77. The van der Waals surface area contributed by atoms with E-state index < -0.39 is 31.5 Å². The molecule has 0 atom stereocenters. The van der Waals surface area contributed by atoms with E-state index in [4.69, 9.17) is 28.3 Å². The molecule has 0 saturated carbocycles. The summed E-state index contributed by atoms with van der Waals surface area (Å²) in [6.07, 6.45) is 0. The van der Waals surface area contributed by atoms with Gasteiger partial charge in [0.05, 0.1) is 15.6 Å². The number of aromatic nitrogens is 2. The molecular weight excluding hydrogens is 341 g/mol. The fraction of sp³-hybridized carbons (Fsp3) is 0.0909. The minimum atomic E-state index is -4.09. The topological polar surface area (TPSA) is 112 Å². The van der Waals surface area contributed by atoms with Gasteiger partial charge in [0.25, 0.3) is 10.0 Å². The van der Waals surface area contributed by atoms with Crippen molar-refractivity contribution < 1.29 is 18.3 Å². The summed E-state index contributed by atoms with van der Waals surface area (Å²) in [5.74, 6) is -1.35. The Morgan fingerprint density at radius 2 is 2.05 bits per heavy atom. The lowest BCUT2D eigenvalue weighted by Gasteiger charge is -2.10. The van der Waals surface area contributed by atoms with Gasteiger partial charge in [0.2, 0.25) is 0 Å². The van der Waals surface area contributed by atoms with Crippen molar-refractivity contribution in [2.45, 2.75) is 11.8 Å². The van der Waals surface area contributed by atoms with Crippen LogP contribution in [0.15, 0.2) is 23.1 Å². The average molecular weight is 350 g/mol. The molecule has 0 bridgehead atoms. The van der Waals surface area contributed by atoms with Gasteiger partial charge in [0, 0.05) is 11.8 Å². The number of H-pyrrole nitrogens is 1. The van der Waals surface area contributed by atoms with E-state index in [-0.39, 0.29) is 10.8 Å². The Balaban J connectivity index is 2.50. The van der Waals surface area contributed by atoms with Crippen LogP contribution in [0.3, 0.4) is 0 Å². The number of hydrogen-bond donors (Lipinski definition) is 3. The first-order valence-corrected chi connectivity index (χ1v) is 7.72. The first-order valence-electron chi connectivity index (χ1n) is 5.48. The number of aromatic amines is 1. The Morgan fingerprint density at radius 1 is 1.38 bits per heavy atom. The highest BCUT2D eigenvalue weighted by Crippen LogP contribution is 2.31. The Kier molecular flexibility index (Phi) is 4.13. The van der Waals surface area contributed by atoms with Crippen molar-refractivity contribution in [3.63, 3.8) is 0 Å². The zero-order valence-corrected chi connectivity index (χ0v) is 12.8. The molecule has 2 rings (SSSR count). The van der Waals surface area contributed by atoms with Gasteiger partial charge in [-0.3, -0.25) is 9.82 Å². The maximum absolute atomic E-state index is 12.2. The smallest absolute Gasteiger partial charge is 0.338 e. The second-order valence-electron chi connectivity index (χ2n) is 4.08. The second kappa shape index (κ2) is 5.55. The number of aromatic carboxylic acids is 1. The third-order valence-corrected chi connectivity index (χ3v) is 4.72. The minimum Gasteiger partial charge on any atom is -0.478 e. The fourth-order valence-electron chi connectivity index (χ4n) is 1.60. The average Bonchev–Trinajstić information content (AvgIpc) is 2.72. The van der Waals surface area contributed by atoms with Crippen LogP contribution in [0.1, 0.15) is 16.1 Å². The SMILES string of the molecule is Cc1cc(NS(=O)(=O)c2ccc(Cl)c(C(=O)O)c2Cl)n[nH]1. The molecule has 1 aromatic carbocycles. The van der Waals surface area contributed by atoms with Gasteiger partial charge in [-0.15, -0.1) is 0 Å². The van der Waals surface area contributed by atoms with Crippen LogP contribution in [-0.2, 0) is 10.0 Å². The van der Waals surface area contributed by atoms with E-state index in [2.05, 4.69) is 14.9 Å². The number of carbonyl (C=O) groups is 1. The van der Waals surface area contributed by atoms with Crippen molar-refractivity contribution in [3.05, 3.63) is 39.5 Å². The molecule has 3 N–H and O–H groups in total. The largest absolute Gasteiger partial charge is 0.478 e. The van der Waals surface area contributed by atoms with Crippen LogP contribution < -0.4 is 4.72 Å². The van der Waals surface area contributed by atoms with Crippen LogP contribution in [0, 0.1) is 6.92 Å². The number of halogens is 2. The zero-order chi connectivity index (χ0) is 15.8. The van der Waals surface area contributed by atoms with Gasteiger partial charge in [0.1, 0.15) is 4.90 Å². The number of aryl methyl sites for hydroxylation is 1. The first kappa shape index (κ1) is 15.6. The van der Waals surface area contributed by atoms with E-state index in [1.807, 2.05) is 0 Å². The quantitative estimate of drug-likeness (QED) is 0.784. The van der Waals surface area contributed by atoms with E-state index >= 15 is 0 Å². The number of carboxylic acid groups (broad SMARTS) is 1. The number of rotatable bonds is 4. The molecule has 0 amide bonds. The molecule has 0 spiro atoms. The molecule has 0 aliphatic carbocycles. The van der Waals surface area contributed by atoms with Gasteiger partial charge < -0.3 is 5.11 Å². The molecule has 0 radical (unpaired) electrons. The molecule has 21 heavy (non-hydrogen) atoms. The number of carboxylic acids is 1. The summed E-state index contributed by atoms with van der Waals surface area (Å²) in [7, 11) is -4.09. The molecule has 2 aromatic rings. The molecule has 112 valence electrons. The van der Waals surface area contributed by atoms with Crippen LogP contribution >= 0.6 is 23.2 Å². The molecule has 1 heterocycles. The predicted octanol–water partition coefficient (Wildman–Crippen LogP) is 2.52. The summed E-state index contributed by atoms with van der Waals surface area (Å²) < 4.78 is 26.7. The molecule has 10 heteroatoms. The monoisotopic (exact) mass is 349 g/mol. The number of hydrogen-bond acceptors (Lipinski definition) is 4. The van der Waals surface area contributed by atoms with Crippen LogP contribution in [0.2, 0.25) is 10.0 Å². The Bertz CT molecular complexity index is 817. The van der Waals surface area contributed by atoms with Crippen molar-refractivity contribution in [2.75, 3.05) is 4.72 Å². The van der Waals surface area contributed by atoms with Crippen LogP contribution in [0.5, 0.6) is 0 Å².